The monoisotopic (exact) mass is 553 g/mol. The van der Waals surface area contributed by atoms with Crippen LogP contribution in [0.25, 0.3) is 10.9 Å². The number of amides is 1. The summed E-state index contributed by atoms with van der Waals surface area (Å²) in [4.78, 5) is 35.3. The van der Waals surface area contributed by atoms with Crippen molar-refractivity contribution in [1.29, 1.82) is 0 Å². The van der Waals surface area contributed by atoms with Gasteiger partial charge in [-0.1, -0.05) is 17.7 Å². The van der Waals surface area contributed by atoms with Crippen LogP contribution in [-0.4, -0.2) is 58.6 Å². The molecular weight excluding hydrogens is 525 g/mol. The van der Waals surface area contributed by atoms with Gasteiger partial charge < -0.3 is 20.1 Å². The number of halogens is 2. The smallest absolute Gasteiger partial charge is 0.320 e. The SMILES string of the molecule is CC1(C)COC(=O)CN1CC=CC(=O)Nc1cc2c(Nc3ccc(F)c(Cl)c3)ncnc2cc1OCC1CC1. The summed E-state index contributed by atoms with van der Waals surface area (Å²) in [6.45, 7) is 5.40. The average Bonchev–Trinajstić information content (AvgIpc) is 3.72. The first kappa shape index (κ1) is 26.8. The highest BCUT2D eigenvalue weighted by Crippen LogP contribution is 2.36. The lowest BCUT2D eigenvalue weighted by Crippen LogP contribution is -2.54. The van der Waals surface area contributed by atoms with Crippen LogP contribution in [0.15, 0.2) is 48.8 Å². The van der Waals surface area contributed by atoms with E-state index in [1.165, 1.54) is 24.5 Å². The molecule has 39 heavy (non-hydrogen) atoms. The summed E-state index contributed by atoms with van der Waals surface area (Å²) in [5.74, 6) is 0.325. The number of ether oxygens (including phenoxy) is 2. The average molecular weight is 554 g/mol. The molecule has 2 fully saturated rings. The number of nitrogens with one attached hydrogen (secondary N) is 2. The van der Waals surface area contributed by atoms with Gasteiger partial charge in [0.05, 0.1) is 34.9 Å². The van der Waals surface area contributed by atoms with Crippen molar-refractivity contribution in [2.24, 2.45) is 5.92 Å². The van der Waals surface area contributed by atoms with Crippen molar-refractivity contribution in [3.63, 3.8) is 0 Å². The molecule has 2 heterocycles. The molecule has 0 unspecified atom stereocenters. The van der Waals surface area contributed by atoms with Gasteiger partial charge in [0.2, 0.25) is 5.91 Å². The molecule has 2 aliphatic rings. The number of morpholine rings is 1. The van der Waals surface area contributed by atoms with Crippen molar-refractivity contribution in [2.45, 2.75) is 32.2 Å². The number of carbonyl (C=O) groups excluding carboxylic acids is 2. The zero-order valence-corrected chi connectivity index (χ0v) is 22.4. The zero-order chi connectivity index (χ0) is 27.6. The van der Waals surface area contributed by atoms with Gasteiger partial charge in [-0.3, -0.25) is 14.5 Å². The van der Waals surface area contributed by atoms with Crippen molar-refractivity contribution >= 4 is 51.6 Å². The summed E-state index contributed by atoms with van der Waals surface area (Å²) in [5.41, 5.74) is 1.30. The predicted molar refractivity (Wildman–Crippen MR) is 147 cm³/mol. The first-order valence-electron chi connectivity index (χ1n) is 12.7. The van der Waals surface area contributed by atoms with Crippen molar-refractivity contribution in [3.8, 4) is 5.75 Å². The van der Waals surface area contributed by atoms with Gasteiger partial charge in [0.15, 0.2) is 0 Å². The number of anilines is 3. The highest BCUT2D eigenvalue weighted by Gasteiger charge is 2.34. The van der Waals surface area contributed by atoms with Gasteiger partial charge in [-0.2, -0.15) is 0 Å². The van der Waals surface area contributed by atoms with Crippen LogP contribution < -0.4 is 15.4 Å². The minimum atomic E-state index is -0.519. The molecule has 1 aliphatic carbocycles. The Hall–Kier alpha value is -3.76. The Kier molecular flexibility index (Phi) is 7.67. The van der Waals surface area contributed by atoms with Crippen LogP contribution in [0.3, 0.4) is 0 Å². The quantitative estimate of drug-likeness (QED) is 0.279. The van der Waals surface area contributed by atoms with E-state index < -0.39 is 5.82 Å². The number of benzene rings is 2. The van der Waals surface area contributed by atoms with Crippen LogP contribution in [0.1, 0.15) is 26.7 Å². The Balaban J connectivity index is 1.38. The van der Waals surface area contributed by atoms with E-state index in [2.05, 4.69) is 20.6 Å². The number of cyclic esters (lactones) is 1. The molecule has 204 valence electrons. The minimum Gasteiger partial charge on any atom is -0.491 e. The fraction of sp³-hybridized carbons (Fsp3) is 0.357. The standard InChI is InChI=1S/C28H29ClFN5O4/c1-28(2)15-39-26(37)13-35(28)9-3-4-25(36)34-23-11-19-22(12-24(23)38-14-17-5-6-17)31-16-32-27(19)33-18-7-8-21(30)20(29)10-18/h3-4,7-8,10-12,16-17H,5-6,9,13-15H2,1-2H3,(H,34,36)(H,31,32,33). The van der Waals surface area contributed by atoms with Crippen LogP contribution in [0.4, 0.5) is 21.6 Å². The van der Waals surface area contributed by atoms with E-state index in [0.717, 1.165) is 12.8 Å². The number of hydrogen-bond acceptors (Lipinski definition) is 8. The maximum Gasteiger partial charge on any atom is 0.320 e. The largest absolute Gasteiger partial charge is 0.491 e. The number of esters is 1. The number of carbonyl (C=O) groups is 2. The van der Waals surface area contributed by atoms with Gasteiger partial charge in [-0.25, -0.2) is 14.4 Å². The van der Waals surface area contributed by atoms with Gasteiger partial charge in [0, 0.05) is 29.8 Å². The molecule has 0 atom stereocenters. The maximum absolute atomic E-state index is 13.6. The Bertz CT molecular complexity index is 1440. The van der Waals surface area contributed by atoms with Crippen LogP contribution >= 0.6 is 11.6 Å². The van der Waals surface area contributed by atoms with E-state index in [0.29, 0.717) is 59.5 Å². The molecule has 5 rings (SSSR count). The summed E-state index contributed by atoms with van der Waals surface area (Å²) in [7, 11) is 0. The first-order chi connectivity index (χ1) is 18.7. The fourth-order valence-electron chi connectivity index (χ4n) is 4.14. The molecule has 2 aromatic carbocycles. The normalized spacial score (nSPS) is 17.3. The van der Waals surface area contributed by atoms with Gasteiger partial charge in [-0.05, 0) is 56.9 Å². The van der Waals surface area contributed by atoms with Crippen molar-refractivity contribution in [1.82, 2.24) is 14.9 Å². The summed E-state index contributed by atoms with van der Waals surface area (Å²) in [6, 6.07) is 7.81. The predicted octanol–water partition coefficient (Wildman–Crippen LogP) is 5.09. The number of hydrogen-bond donors (Lipinski definition) is 2. The lowest BCUT2D eigenvalue weighted by Gasteiger charge is -2.40. The molecule has 1 saturated heterocycles. The molecule has 0 bridgehead atoms. The second-order valence-electron chi connectivity index (χ2n) is 10.3. The second-order valence-corrected chi connectivity index (χ2v) is 10.7. The maximum atomic E-state index is 13.6. The van der Waals surface area contributed by atoms with Crippen LogP contribution in [-0.2, 0) is 14.3 Å². The van der Waals surface area contributed by atoms with E-state index >= 15 is 0 Å². The van der Waals surface area contributed by atoms with Crippen molar-refractivity contribution in [2.75, 3.05) is 36.9 Å². The fourth-order valence-corrected chi connectivity index (χ4v) is 4.32. The number of fused-ring (bicyclic) bond motifs is 1. The van der Waals surface area contributed by atoms with E-state index in [9.17, 15) is 14.0 Å². The Morgan fingerprint density at radius 2 is 2.10 bits per heavy atom. The van der Waals surface area contributed by atoms with Gasteiger partial charge in [0.1, 0.15) is 30.3 Å². The van der Waals surface area contributed by atoms with E-state index in [-0.39, 0.29) is 29.0 Å². The Labute approximate surface area is 230 Å². The van der Waals surface area contributed by atoms with Gasteiger partial charge >= 0.3 is 5.97 Å². The molecule has 3 aromatic rings. The number of nitrogens with zero attached hydrogens (tertiary/aromatic N) is 3. The van der Waals surface area contributed by atoms with Crippen LogP contribution in [0.5, 0.6) is 5.75 Å². The highest BCUT2D eigenvalue weighted by atomic mass is 35.5. The third-order valence-corrected chi connectivity index (χ3v) is 7.00. The molecule has 1 aromatic heterocycles. The van der Waals surface area contributed by atoms with E-state index in [1.807, 2.05) is 18.7 Å². The van der Waals surface area contributed by atoms with Gasteiger partial charge in [-0.15, -0.1) is 0 Å². The Morgan fingerprint density at radius 1 is 1.28 bits per heavy atom. The first-order valence-corrected chi connectivity index (χ1v) is 13.1. The molecule has 0 spiro atoms. The van der Waals surface area contributed by atoms with E-state index in [1.54, 1.807) is 24.3 Å². The third kappa shape index (κ3) is 6.63. The minimum absolute atomic E-state index is 0.0151. The lowest BCUT2D eigenvalue weighted by molar-refractivity contribution is -0.159. The number of aromatic nitrogens is 2. The topological polar surface area (TPSA) is 106 Å². The lowest BCUT2D eigenvalue weighted by atomic mass is 10.0. The number of rotatable bonds is 9. The molecule has 9 nitrogen and oxygen atoms in total. The summed E-state index contributed by atoms with van der Waals surface area (Å²) in [5, 5.41) is 6.67. The Morgan fingerprint density at radius 3 is 2.87 bits per heavy atom. The molecular formula is C28H29ClFN5O4. The zero-order valence-electron chi connectivity index (χ0n) is 21.7. The highest BCUT2D eigenvalue weighted by molar-refractivity contribution is 6.31. The molecule has 11 heteroatoms. The molecule has 1 amide bonds. The van der Waals surface area contributed by atoms with Crippen LogP contribution in [0, 0.1) is 11.7 Å². The van der Waals surface area contributed by atoms with Crippen LogP contribution in [0.2, 0.25) is 5.02 Å². The molecule has 0 radical (unpaired) electrons. The molecule has 1 saturated carbocycles. The molecule has 2 N–H and O–H groups in total. The second kappa shape index (κ2) is 11.2. The van der Waals surface area contributed by atoms with Crippen molar-refractivity contribution < 1.29 is 23.5 Å². The van der Waals surface area contributed by atoms with E-state index in [4.69, 9.17) is 21.1 Å². The summed E-state index contributed by atoms with van der Waals surface area (Å²) in [6.07, 6.45) is 6.81. The summed E-state index contributed by atoms with van der Waals surface area (Å²) < 4.78 is 24.8. The van der Waals surface area contributed by atoms with Gasteiger partial charge in [0.25, 0.3) is 0 Å². The third-order valence-electron chi connectivity index (χ3n) is 6.71. The van der Waals surface area contributed by atoms with Crippen molar-refractivity contribution in [3.05, 3.63) is 59.7 Å². The summed E-state index contributed by atoms with van der Waals surface area (Å²) >= 11 is 5.94. The molecule has 1 aliphatic heterocycles.